The van der Waals surface area contributed by atoms with Gasteiger partial charge in [-0.3, -0.25) is 4.68 Å². The number of hydrogen-bond donors (Lipinski definition) is 0. The first-order valence-electron chi connectivity index (χ1n) is 5.63. The summed E-state index contributed by atoms with van der Waals surface area (Å²) in [7, 11) is 1.97. The van der Waals surface area contributed by atoms with Crippen molar-refractivity contribution in [2.24, 2.45) is 18.9 Å². The highest BCUT2D eigenvalue weighted by atomic mass is 79.9. The lowest BCUT2D eigenvalue weighted by atomic mass is 9.80. The maximum atomic E-state index is 4.30. The van der Waals surface area contributed by atoms with E-state index in [1.54, 1.807) is 6.33 Å². The molecule has 0 radical (unpaired) electrons. The Labute approximate surface area is 99.4 Å². The zero-order valence-corrected chi connectivity index (χ0v) is 10.9. The quantitative estimate of drug-likeness (QED) is 0.775. The SMILES string of the molecule is CC1CCC(Br)C(Cc2ncnn2C)C1. The summed E-state index contributed by atoms with van der Waals surface area (Å²) >= 11 is 3.80. The third-order valence-electron chi connectivity index (χ3n) is 3.40. The number of alkyl halides is 1. The Balaban J connectivity index is 2.01. The molecule has 3 nitrogen and oxygen atoms in total. The van der Waals surface area contributed by atoms with Crippen molar-refractivity contribution in [2.45, 2.75) is 37.4 Å². The first-order chi connectivity index (χ1) is 7.16. The first-order valence-corrected chi connectivity index (χ1v) is 6.55. The minimum Gasteiger partial charge on any atom is -0.253 e. The number of aryl methyl sites for hydroxylation is 1. The van der Waals surface area contributed by atoms with Gasteiger partial charge in [-0.05, 0) is 31.1 Å². The van der Waals surface area contributed by atoms with Crippen molar-refractivity contribution in [3.05, 3.63) is 12.2 Å². The van der Waals surface area contributed by atoms with E-state index in [0.717, 1.165) is 24.1 Å². The molecule has 84 valence electrons. The minimum atomic E-state index is 0.658. The summed E-state index contributed by atoms with van der Waals surface area (Å²) in [6.07, 6.45) is 6.65. The average Bonchev–Trinajstić information content (AvgIpc) is 2.58. The molecule has 4 heteroatoms. The number of nitrogens with zero attached hydrogens (tertiary/aromatic N) is 3. The summed E-state index contributed by atoms with van der Waals surface area (Å²) < 4.78 is 1.89. The molecule has 3 atom stereocenters. The Morgan fingerprint density at radius 3 is 3.00 bits per heavy atom. The zero-order valence-electron chi connectivity index (χ0n) is 9.36. The molecular formula is C11H18BrN3. The van der Waals surface area contributed by atoms with E-state index in [0.29, 0.717) is 4.83 Å². The molecule has 0 N–H and O–H groups in total. The third-order valence-corrected chi connectivity index (χ3v) is 4.61. The molecule has 0 spiro atoms. The molecule has 1 aromatic heterocycles. The predicted molar refractivity (Wildman–Crippen MR) is 63.9 cm³/mol. The Kier molecular flexibility index (Phi) is 3.44. The second-order valence-electron chi connectivity index (χ2n) is 4.70. The summed E-state index contributed by atoms with van der Waals surface area (Å²) in [5.41, 5.74) is 0. The second kappa shape index (κ2) is 4.64. The van der Waals surface area contributed by atoms with Crippen LogP contribution in [-0.4, -0.2) is 19.6 Å². The van der Waals surface area contributed by atoms with E-state index >= 15 is 0 Å². The van der Waals surface area contributed by atoms with E-state index in [1.807, 2.05) is 11.7 Å². The van der Waals surface area contributed by atoms with Gasteiger partial charge in [0.2, 0.25) is 0 Å². The van der Waals surface area contributed by atoms with Crippen LogP contribution in [-0.2, 0) is 13.5 Å². The fourth-order valence-corrected chi connectivity index (χ4v) is 3.08. The second-order valence-corrected chi connectivity index (χ2v) is 5.87. The summed E-state index contributed by atoms with van der Waals surface area (Å²) in [6, 6.07) is 0. The van der Waals surface area contributed by atoms with Crippen molar-refractivity contribution in [2.75, 3.05) is 0 Å². The highest BCUT2D eigenvalue weighted by Gasteiger charge is 2.27. The van der Waals surface area contributed by atoms with E-state index in [4.69, 9.17) is 0 Å². The summed E-state index contributed by atoms with van der Waals surface area (Å²) in [4.78, 5) is 4.96. The lowest BCUT2D eigenvalue weighted by molar-refractivity contribution is 0.289. The fraction of sp³-hybridized carbons (Fsp3) is 0.818. The standard InChI is InChI=1S/C11H18BrN3/c1-8-3-4-10(12)9(5-8)6-11-13-7-14-15(11)2/h7-10H,3-6H2,1-2H3. The van der Waals surface area contributed by atoms with Crippen LogP contribution in [0.2, 0.25) is 0 Å². The van der Waals surface area contributed by atoms with Crippen LogP contribution in [0, 0.1) is 11.8 Å². The maximum absolute atomic E-state index is 4.30. The lowest BCUT2D eigenvalue weighted by Gasteiger charge is -2.31. The average molecular weight is 272 g/mol. The van der Waals surface area contributed by atoms with Crippen LogP contribution in [0.4, 0.5) is 0 Å². The van der Waals surface area contributed by atoms with Crippen LogP contribution in [0.15, 0.2) is 6.33 Å². The molecule has 0 aromatic carbocycles. The maximum Gasteiger partial charge on any atom is 0.138 e. The number of halogens is 1. The van der Waals surface area contributed by atoms with Crippen LogP contribution in [0.1, 0.15) is 32.0 Å². The monoisotopic (exact) mass is 271 g/mol. The van der Waals surface area contributed by atoms with Gasteiger partial charge in [0.1, 0.15) is 12.2 Å². The normalized spacial score (nSPS) is 31.8. The van der Waals surface area contributed by atoms with E-state index < -0.39 is 0 Å². The molecule has 1 aromatic rings. The molecule has 0 saturated heterocycles. The highest BCUT2D eigenvalue weighted by molar-refractivity contribution is 9.09. The molecule has 1 heterocycles. The lowest BCUT2D eigenvalue weighted by Crippen LogP contribution is -2.26. The van der Waals surface area contributed by atoms with E-state index in [1.165, 1.54) is 19.3 Å². The predicted octanol–water partition coefficient (Wildman–Crippen LogP) is 2.56. The zero-order chi connectivity index (χ0) is 10.8. The largest absolute Gasteiger partial charge is 0.253 e. The van der Waals surface area contributed by atoms with Gasteiger partial charge in [0.25, 0.3) is 0 Å². The van der Waals surface area contributed by atoms with Crippen molar-refractivity contribution in [1.82, 2.24) is 14.8 Å². The third kappa shape index (κ3) is 2.60. The van der Waals surface area contributed by atoms with Gasteiger partial charge >= 0.3 is 0 Å². The van der Waals surface area contributed by atoms with Gasteiger partial charge in [-0.15, -0.1) is 0 Å². The van der Waals surface area contributed by atoms with Gasteiger partial charge in [-0.2, -0.15) is 5.10 Å². The first kappa shape index (κ1) is 11.1. The topological polar surface area (TPSA) is 30.7 Å². The molecule has 1 fully saturated rings. The molecule has 15 heavy (non-hydrogen) atoms. The fourth-order valence-electron chi connectivity index (χ4n) is 2.41. The van der Waals surface area contributed by atoms with Gasteiger partial charge < -0.3 is 0 Å². The van der Waals surface area contributed by atoms with Gasteiger partial charge in [-0.1, -0.05) is 22.9 Å². The Morgan fingerprint density at radius 2 is 2.33 bits per heavy atom. The Hall–Kier alpha value is -0.380. The van der Waals surface area contributed by atoms with Crippen LogP contribution in [0.3, 0.4) is 0 Å². The minimum absolute atomic E-state index is 0.658. The molecule has 1 aliphatic carbocycles. The van der Waals surface area contributed by atoms with Gasteiger partial charge in [0.05, 0.1) is 0 Å². The highest BCUT2D eigenvalue weighted by Crippen LogP contribution is 2.35. The molecule has 0 amide bonds. The molecule has 2 rings (SSSR count). The summed E-state index contributed by atoms with van der Waals surface area (Å²) in [6.45, 7) is 2.35. The van der Waals surface area contributed by atoms with Crippen LogP contribution in [0.5, 0.6) is 0 Å². The summed E-state index contributed by atoms with van der Waals surface area (Å²) in [5.74, 6) is 2.69. The Morgan fingerprint density at radius 1 is 1.53 bits per heavy atom. The molecule has 1 saturated carbocycles. The molecule has 0 aliphatic heterocycles. The van der Waals surface area contributed by atoms with Crippen molar-refractivity contribution < 1.29 is 0 Å². The van der Waals surface area contributed by atoms with Crippen molar-refractivity contribution in [3.8, 4) is 0 Å². The van der Waals surface area contributed by atoms with Crippen LogP contribution < -0.4 is 0 Å². The number of rotatable bonds is 2. The number of hydrogen-bond acceptors (Lipinski definition) is 2. The smallest absolute Gasteiger partial charge is 0.138 e. The van der Waals surface area contributed by atoms with Gasteiger partial charge in [-0.25, -0.2) is 4.98 Å². The van der Waals surface area contributed by atoms with Crippen LogP contribution >= 0.6 is 15.9 Å². The van der Waals surface area contributed by atoms with Crippen LogP contribution in [0.25, 0.3) is 0 Å². The summed E-state index contributed by atoms with van der Waals surface area (Å²) in [5, 5.41) is 4.12. The molecule has 3 unspecified atom stereocenters. The van der Waals surface area contributed by atoms with Gasteiger partial charge in [0.15, 0.2) is 0 Å². The molecule has 0 bridgehead atoms. The molecular weight excluding hydrogens is 254 g/mol. The Bertz CT molecular complexity index is 323. The van der Waals surface area contributed by atoms with Crippen molar-refractivity contribution in [3.63, 3.8) is 0 Å². The number of aromatic nitrogens is 3. The van der Waals surface area contributed by atoms with Gasteiger partial charge in [0, 0.05) is 18.3 Å². The van der Waals surface area contributed by atoms with Crippen molar-refractivity contribution >= 4 is 15.9 Å². The molecule has 1 aliphatic rings. The van der Waals surface area contributed by atoms with E-state index in [2.05, 4.69) is 32.9 Å². The van der Waals surface area contributed by atoms with E-state index in [-0.39, 0.29) is 0 Å². The van der Waals surface area contributed by atoms with E-state index in [9.17, 15) is 0 Å². The van der Waals surface area contributed by atoms with Crippen molar-refractivity contribution in [1.29, 1.82) is 0 Å².